The van der Waals surface area contributed by atoms with Gasteiger partial charge in [0.15, 0.2) is 0 Å². The Hall–Kier alpha value is -2.72. The highest BCUT2D eigenvalue weighted by atomic mass is 32.2. The van der Waals surface area contributed by atoms with Crippen molar-refractivity contribution in [1.82, 2.24) is 0 Å². The number of hydrogen-bond acceptors (Lipinski definition) is 3. The van der Waals surface area contributed by atoms with Crippen LogP contribution >= 0.6 is 11.8 Å². The van der Waals surface area contributed by atoms with Crippen LogP contribution in [0.5, 0.6) is 0 Å². The lowest BCUT2D eigenvalue weighted by Crippen LogP contribution is -2.09. The van der Waals surface area contributed by atoms with Gasteiger partial charge in [0, 0.05) is 16.2 Å². The van der Waals surface area contributed by atoms with Gasteiger partial charge in [-0.1, -0.05) is 48.5 Å². The maximum absolute atomic E-state index is 11.5. The standard InChI is InChI=1S/C25H23NO2S2/c1-29-25-12-6-11-22-23(21-10-4-3-8-19(21)14-16-24(22)25)15-13-18-7-5-9-20(17-18)26-30(2,27)28/h3-13,17,26H,14,16H2,1-2H3. The number of rotatable bonds is 4. The molecule has 0 spiro atoms. The summed E-state index contributed by atoms with van der Waals surface area (Å²) in [5.41, 5.74) is 11.2. The molecule has 1 N–H and O–H groups in total. The predicted molar refractivity (Wildman–Crippen MR) is 127 cm³/mol. The van der Waals surface area contributed by atoms with Gasteiger partial charge in [0.25, 0.3) is 0 Å². The minimum atomic E-state index is -3.31. The van der Waals surface area contributed by atoms with Gasteiger partial charge in [-0.05, 0) is 71.2 Å². The van der Waals surface area contributed by atoms with Crippen LogP contribution in [0.1, 0.15) is 27.8 Å². The van der Waals surface area contributed by atoms with Crippen molar-refractivity contribution in [1.29, 1.82) is 0 Å². The first kappa shape index (κ1) is 20.5. The van der Waals surface area contributed by atoms with E-state index in [0.717, 1.165) is 30.2 Å². The Bertz CT molecular complexity index is 1270. The molecule has 30 heavy (non-hydrogen) atoms. The van der Waals surface area contributed by atoms with Gasteiger partial charge in [0.05, 0.1) is 6.26 Å². The first-order valence-corrected chi connectivity index (χ1v) is 12.9. The van der Waals surface area contributed by atoms with Crippen LogP contribution in [0.4, 0.5) is 5.69 Å². The van der Waals surface area contributed by atoms with E-state index in [9.17, 15) is 8.42 Å². The molecule has 0 radical (unpaired) electrons. The van der Waals surface area contributed by atoms with E-state index in [1.54, 1.807) is 17.8 Å². The highest BCUT2D eigenvalue weighted by Crippen LogP contribution is 2.36. The van der Waals surface area contributed by atoms with Crippen LogP contribution in [-0.2, 0) is 22.9 Å². The van der Waals surface area contributed by atoms with Crippen molar-refractivity contribution < 1.29 is 8.42 Å². The van der Waals surface area contributed by atoms with Gasteiger partial charge in [0.1, 0.15) is 0 Å². The second-order valence-corrected chi connectivity index (χ2v) is 9.90. The molecule has 1 aliphatic rings. The minimum Gasteiger partial charge on any atom is -0.284 e. The number of sulfonamides is 1. The molecule has 0 unspecified atom stereocenters. The SMILES string of the molecule is CSc1cccc2c1CCc1ccccc1C2=C=Cc1cccc(NS(C)(=O)=O)c1. The number of hydrogen-bond donors (Lipinski definition) is 1. The fourth-order valence-corrected chi connectivity index (χ4v) is 5.08. The molecule has 3 nitrogen and oxygen atoms in total. The number of fused-ring (bicyclic) bond motifs is 2. The van der Waals surface area contributed by atoms with Crippen molar-refractivity contribution >= 4 is 39.1 Å². The molecule has 0 bridgehead atoms. The average Bonchev–Trinajstić information content (AvgIpc) is 2.88. The van der Waals surface area contributed by atoms with Crippen molar-refractivity contribution in [2.24, 2.45) is 0 Å². The Kier molecular flexibility index (Phi) is 5.87. The molecule has 0 fully saturated rings. The van der Waals surface area contributed by atoms with Crippen molar-refractivity contribution in [2.45, 2.75) is 17.7 Å². The lowest BCUT2D eigenvalue weighted by Gasteiger charge is -2.12. The summed E-state index contributed by atoms with van der Waals surface area (Å²) in [6.07, 6.45) is 7.20. The number of benzene rings is 3. The highest BCUT2D eigenvalue weighted by Gasteiger charge is 2.19. The summed E-state index contributed by atoms with van der Waals surface area (Å²) < 4.78 is 25.6. The van der Waals surface area contributed by atoms with Gasteiger partial charge >= 0.3 is 0 Å². The zero-order valence-corrected chi connectivity index (χ0v) is 18.6. The summed E-state index contributed by atoms with van der Waals surface area (Å²) >= 11 is 1.78. The highest BCUT2D eigenvalue weighted by molar-refractivity contribution is 7.98. The Morgan fingerprint density at radius 3 is 2.53 bits per heavy atom. The monoisotopic (exact) mass is 433 g/mol. The van der Waals surface area contributed by atoms with Crippen molar-refractivity contribution in [3.05, 3.63) is 100 Å². The van der Waals surface area contributed by atoms with Crippen LogP contribution in [0.2, 0.25) is 0 Å². The van der Waals surface area contributed by atoms with Crippen molar-refractivity contribution in [3.8, 4) is 0 Å². The van der Waals surface area contributed by atoms with Crippen LogP contribution in [-0.4, -0.2) is 20.9 Å². The van der Waals surface area contributed by atoms with Gasteiger partial charge in [-0.25, -0.2) is 8.42 Å². The summed E-state index contributed by atoms with van der Waals surface area (Å²) in [7, 11) is -3.31. The second kappa shape index (κ2) is 8.57. The third-order valence-electron chi connectivity index (χ3n) is 5.13. The van der Waals surface area contributed by atoms with E-state index in [4.69, 9.17) is 0 Å². The molecule has 152 valence electrons. The molecule has 1 aliphatic carbocycles. The number of aryl methyl sites for hydroxylation is 1. The number of nitrogens with one attached hydrogen (secondary N) is 1. The fraction of sp³-hybridized carbons (Fsp3) is 0.160. The third kappa shape index (κ3) is 4.54. The van der Waals surface area contributed by atoms with Crippen molar-refractivity contribution in [2.75, 3.05) is 17.2 Å². The van der Waals surface area contributed by atoms with E-state index in [2.05, 4.69) is 59.2 Å². The van der Waals surface area contributed by atoms with Crippen LogP contribution < -0.4 is 4.72 Å². The molecule has 0 amide bonds. The van der Waals surface area contributed by atoms with Gasteiger partial charge in [-0.3, -0.25) is 4.72 Å². The Morgan fingerprint density at radius 2 is 1.73 bits per heavy atom. The second-order valence-electron chi connectivity index (χ2n) is 7.31. The van der Waals surface area contributed by atoms with Crippen LogP contribution in [0.3, 0.4) is 0 Å². The van der Waals surface area contributed by atoms with E-state index in [-0.39, 0.29) is 0 Å². The lowest BCUT2D eigenvalue weighted by atomic mass is 9.94. The maximum atomic E-state index is 11.5. The molecule has 0 heterocycles. The van der Waals surface area contributed by atoms with E-state index >= 15 is 0 Å². The summed E-state index contributed by atoms with van der Waals surface area (Å²) in [6.45, 7) is 0. The van der Waals surface area contributed by atoms with Crippen LogP contribution in [0.15, 0.2) is 77.4 Å². The molecule has 5 heteroatoms. The van der Waals surface area contributed by atoms with Crippen molar-refractivity contribution in [3.63, 3.8) is 0 Å². The molecular formula is C25H23NO2S2. The fourth-order valence-electron chi connectivity index (χ4n) is 3.85. The third-order valence-corrected chi connectivity index (χ3v) is 6.56. The topological polar surface area (TPSA) is 46.2 Å². The van der Waals surface area contributed by atoms with Crippen LogP contribution in [0, 0.1) is 0 Å². The number of thioether (sulfide) groups is 1. The first-order valence-electron chi connectivity index (χ1n) is 9.74. The van der Waals surface area contributed by atoms with Gasteiger partial charge < -0.3 is 0 Å². The van der Waals surface area contributed by atoms with Gasteiger partial charge in [-0.2, -0.15) is 0 Å². The zero-order valence-electron chi connectivity index (χ0n) is 17.0. The maximum Gasteiger partial charge on any atom is 0.229 e. The average molecular weight is 434 g/mol. The molecule has 0 atom stereocenters. The zero-order chi connectivity index (χ0) is 21.1. The van der Waals surface area contributed by atoms with E-state index in [0.29, 0.717) is 5.69 Å². The normalized spacial score (nSPS) is 12.9. The van der Waals surface area contributed by atoms with Gasteiger partial charge in [-0.15, -0.1) is 17.5 Å². The predicted octanol–water partition coefficient (Wildman–Crippen LogP) is 5.62. The van der Waals surface area contributed by atoms with E-state index in [1.165, 1.54) is 27.1 Å². The lowest BCUT2D eigenvalue weighted by molar-refractivity contribution is 0.607. The van der Waals surface area contributed by atoms with E-state index < -0.39 is 10.0 Å². The van der Waals surface area contributed by atoms with Gasteiger partial charge in [0.2, 0.25) is 10.0 Å². The smallest absolute Gasteiger partial charge is 0.229 e. The van der Waals surface area contributed by atoms with Crippen LogP contribution in [0.25, 0.3) is 11.6 Å². The molecule has 4 rings (SSSR count). The summed E-state index contributed by atoms with van der Waals surface area (Å²) in [4.78, 5) is 1.30. The van der Waals surface area contributed by atoms with E-state index in [1.807, 2.05) is 24.3 Å². The molecular weight excluding hydrogens is 410 g/mol. The Labute approximate surface area is 182 Å². The molecule has 0 saturated heterocycles. The molecule has 3 aromatic carbocycles. The summed E-state index contributed by atoms with van der Waals surface area (Å²) in [5, 5.41) is 0. The Morgan fingerprint density at radius 1 is 0.967 bits per heavy atom. The molecule has 0 aliphatic heterocycles. The minimum absolute atomic E-state index is 0.546. The largest absolute Gasteiger partial charge is 0.284 e. The molecule has 3 aromatic rings. The quantitative estimate of drug-likeness (QED) is 0.429. The Balaban J connectivity index is 1.88. The molecule has 0 aromatic heterocycles. The summed E-state index contributed by atoms with van der Waals surface area (Å²) in [5.74, 6) is 0. The first-order chi connectivity index (χ1) is 14.4. The number of anilines is 1. The summed E-state index contributed by atoms with van der Waals surface area (Å²) in [6, 6.07) is 22.3. The molecule has 0 saturated carbocycles.